The molecule has 0 aliphatic heterocycles. The number of carbonyl (C=O) groups is 1. The molecule has 1 saturated carbocycles. The van der Waals surface area contributed by atoms with E-state index in [-0.39, 0.29) is 5.97 Å². The summed E-state index contributed by atoms with van der Waals surface area (Å²) in [7, 11) is 1.37. The van der Waals surface area contributed by atoms with E-state index in [4.69, 9.17) is 4.74 Å². The molecule has 1 aliphatic carbocycles. The molecule has 1 aliphatic rings. The summed E-state index contributed by atoms with van der Waals surface area (Å²) in [5.41, 5.74) is -1.70. The first-order valence-corrected chi connectivity index (χ1v) is 5.64. The standard InChI is InChI=1S/C12H22O3/c1-9-5-7-12(14,8-6-9)11(2,3)10(13)15-4/h9,14H,5-8H2,1-4H3. The van der Waals surface area contributed by atoms with Crippen LogP contribution in [0.25, 0.3) is 0 Å². The molecular formula is C12H22O3. The minimum Gasteiger partial charge on any atom is -0.469 e. The average molecular weight is 214 g/mol. The molecule has 0 saturated heterocycles. The van der Waals surface area contributed by atoms with E-state index >= 15 is 0 Å². The summed E-state index contributed by atoms with van der Waals surface area (Å²) in [6.07, 6.45) is 3.35. The van der Waals surface area contributed by atoms with Crippen molar-refractivity contribution in [3.8, 4) is 0 Å². The first-order chi connectivity index (χ1) is 6.83. The van der Waals surface area contributed by atoms with Gasteiger partial charge in [-0.3, -0.25) is 4.79 Å². The molecule has 0 radical (unpaired) electrons. The van der Waals surface area contributed by atoms with Crippen LogP contribution in [0.4, 0.5) is 0 Å². The van der Waals surface area contributed by atoms with Crippen molar-refractivity contribution in [2.45, 2.75) is 52.1 Å². The van der Waals surface area contributed by atoms with Crippen LogP contribution in [0.2, 0.25) is 0 Å². The van der Waals surface area contributed by atoms with Crippen LogP contribution in [0, 0.1) is 11.3 Å². The second-order valence-electron chi connectivity index (χ2n) is 5.33. The number of methoxy groups -OCH3 is 1. The molecule has 0 aromatic heterocycles. The summed E-state index contributed by atoms with van der Waals surface area (Å²) in [5, 5.41) is 10.5. The van der Waals surface area contributed by atoms with Crippen molar-refractivity contribution < 1.29 is 14.6 Å². The highest BCUT2D eigenvalue weighted by molar-refractivity contribution is 5.77. The van der Waals surface area contributed by atoms with E-state index in [0.717, 1.165) is 12.8 Å². The van der Waals surface area contributed by atoms with Gasteiger partial charge in [-0.25, -0.2) is 0 Å². The van der Waals surface area contributed by atoms with Gasteiger partial charge in [0.2, 0.25) is 0 Å². The number of aliphatic hydroxyl groups is 1. The number of carbonyl (C=O) groups excluding carboxylic acids is 1. The Hall–Kier alpha value is -0.570. The normalized spacial score (nSPS) is 32.5. The van der Waals surface area contributed by atoms with Gasteiger partial charge >= 0.3 is 5.97 Å². The van der Waals surface area contributed by atoms with E-state index < -0.39 is 11.0 Å². The van der Waals surface area contributed by atoms with Crippen LogP contribution >= 0.6 is 0 Å². The molecule has 0 heterocycles. The Balaban J connectivity index is 2.80. The third-order valence-electron chi connectivity index (χ3n) is 3.96. The summed E-state index contributed by atoms with van der Waals surface area (Å²) < 4.78 is 4.76. The lowest BCUT2D eigenvalue weighted by Gasteiger charge is -2.44. The molecule has 1 N–H and O–H groups in total. The predicted octanol–water partition coefficient (Wildman–Crippen LogP) is 2.13. The first kappa shape index (κ1) is 12.5. The molecular weight excluding hydrogens is 192 g/mol. The number of hydrogen-bond donors (Lipinski definition) is 1. The molecule has 0 spiro atoms. The molecule has 0 amide bonds. The quantitative estimate of drug-likeness (QED) is 0.716. The van der Waals surface area contributed by atoms with Gasteiger partial charge in [0, 0.05) is 0 Å². The Morgan fingerprint density at radius 3 is 2.27 bits per heavy atom. The molecule has 0 aromatic rings. The molecule has 1 fully saturated rings. The Labute approximate surface area is 91.8 Å². The number of ether oxygens (including phenoxy) is 1. The van der Waals surface area contributed by atoms with E-state index in [9.17, 15) is 9.90 Å². The summed E-state index contributed by atoms with van der Waals surface area (Å²) in [5.74, 6) is 0.332. The van der Waals surface area contributed by atoms with Gasteiger partial charge in [0.05, 0.1) is 18.1 Å². The van der Waals surface area contributed by atoms with E-state index in [1.54, 1.807) is 13.8 Å². The minimum atomic E-state index is -0.896. The maximum Gasteiger partial charge on any atom is 0.314 e. The SMILES string of the molecule is COC(=O)C(C)(C)C1(O)CCC(C)CC1. The van der Waals surface area contributed by atoms with Crippen molar-refractivity contribution in [1.29, 1.82) is 0 Å². The lowest BCUT2D eigenvalue weighted by molar-refractivity contribution is -0.173. The highest BCUT2D eigenvalue weighted by Gasteiger charge is 2.50. The van der Waals surface area contributed by atoms with Crippen LogP contribution in [0.5, 0.6) is 0 Å². The molecule has 1 rings (SSSR count). The van der Waals surface area contributed by atoms with Gasteiger partial charge in [0.15, 0.2) is 0 Å². The molecule has 3 nitrogen and oxygen atoms in total. The second-order valence-corrected chi connectivity index (χ2v) is 5.33. The summed E-state index contributed by atoms with van der Waals surface area (Å²) in [6.45, 7) is 5.73. The zero-order valence-electron chi connectivity index (χ0n) is 10.2. The Morgan fingerprint density at radius 2 is 1.87 bits per heavy atom. The van der Waals surface area contributed by atoms with Crippen LogP contribution in [0.3, 0.4) is 0 Å². The summed E-state index contributed by atoms with van der Waals surface area (Å²) in [6, 6.07) is 0. The van der Waals surface area contributed by atoms with Gasteiger partial charge in [-0.2, -0.15) is 0 Å². The third kappa shape index (κ3) is 2.17. The fourth-order valence-corrected chi connectivity index (χ4v) is 2.31. The zero-order valence-corrected chi connectivity index (χ0v) is 10.2. The molecule has 88 valence electrons. The van der Waals surface area contributed by atoms with Gasteiger partial charge in [-0.15, -0.1) is 0 Å². The Morgan fingerprint density at radius 1 is 1.40 bits per heavy atom. The summed E-state index contributed by atoms with van der Waals surface area (Å²) >= 11 is 0. The van der Waals surface area contributed by atoms with Gasteiger partial charge in [0.1, 0.15) is 0 Å². The van der Waals surface area contributed by atoms with Crippen LogP contribution < -0.4 is 0 Å². The highest BCUT2D eigenvalue weighted by atomic mass is 16.5. The predicted molar refractivity (Wildman–Crippen MR) is 58.4 cm³/mol. The fourth-order valence-electron chi connectivity index (χ4n) is 2.31. The van der Waals surface area contributed by atoms with E-state index in [1.807, 2.05) is 0 Å². The van der Waals surface area contributed by atoms with Crippen LogP contribution in [0.1, 0.15) is 46.5 Å². The largest absolute Gasteiger partial charge is 0.469 e. The zero-order chi connectivity index (χ0) is 11.7. The first-order valence-electron chi connectivity index (χ1n) is 5.64. The van der Waals surface area contributed by atoms with Crippen LogP contribution in [-0.4, -0.2) is 23.8 Å². The lowest BCUT2D eigenvalue weighted by atomic mass is 9.65. The van der Waals surface area contributed by atoms with Crippen molar-refractivity contribution in [1.82, 2.24) is 0 Å². The second kappa shape index (κ2) is 4.12. The Bertz CT molecular complexity index is 237. The monoisotopic (exact) mass is 214 g/mol. The van der Waals surface area contributed by atoms with Crippen molar-refractivity contribution >= 4 is 5.97 Å². The molecule has 0 unspecified atom stereocenters. The van der Waals surface area contributed by atoms with Crippen molar-refractivity contribution in [2.75, 3.05) is 7.11 Å². The lowest BCUT2D eigenvalue weighted by Crippen LogP contribution is -2.51. The maximum atomic E-state index is 11.6. The van der Waals surface area contributed by atoms with Crippen molar-refractivity contribution in [2.24, 2.45) is 11.3 Å². The maximum absolute atomic E-state index is 11.6. The molecule has 0 bridgehead atoms. The van der Waals surface area contributed by atoms with Gasteiger partial charge in [-0.1, -0.05) is 6.92 Å². The minimum absolute atomic E-state index is 0.320. The van der Waals surface area contributed by atoms with Crippen molar-refractivity contribution in [3.05, 3.63) is 0 Å². The topological polar surface area (TPSA) is 46.5 Å². The molecule has 3 heteroatoms. The van der Waals surface area contributed by atoms with Crippen molar-refractivity contribution in [3.63, 3.8) is 0 Å². The van der Waals surface area contributed by atoms with E-state index in [0.29, 0.717) is 18.8 Å². The fraction of sp³-hybridized carbons (Fsp3) is 0.917. The number of hydrogen-bond acceptors (Lipinski definition) is 3. The molecule has 0 atom stereocenters. The Kier molecular flexibility index (Phi) is 3.44. The number of rotatable bonds is 2. The van der Waals surface area contributed by atoms with Gasteiger partial charge in [-0.05, 0) is 45.4 Å². The number of esters is 1. The van der Waals surface area contributed by atoms with E-state index in [2.05, 4.69) is 6.92 Å². The highest BCUT2D eigenvalue weighted by Crippen LogP contribution is 2.44. The van der Waals surface area contributed by atoms with Gasteiger partial charge < -0.3 is 9.84 Å². The van der Waals surface area contributed by atoms with Crippen LogP contribution in [-0.2, 0) is 9.53 Å². The summed E-state index contributed by atoms with van der Waals surface area (Å²) in [4.78, 5) is 11.6. The van der Waals surface area contributed by atoms with Crippen LogP contribution in [0.15, 0.2) is 0 Å². The van der Waals surface area contributed by atoms with E-state index in [1.165, 1.54) is 7.11 Å². The molecule has 15 heavy (non-hydrogen) atoms. The van der Waals surface area contributed by atoms with Gasteiger partial charge in [0.25, 0.3) is 0 Å². The third-order valence-corrected chi connectivity index (χ3v) is 3.96. The molecule has 0 aromatic carbocycles. The smallest absolute Gasteiger partial charge is 0.314 e. The average Bonchev–Trinajstić information content (AvgIpc) is 2.21.